The molecule has 24 heavy (non-hydrogen) atoms. The van der Waals surface area contributed by atoms with E-state index in [0.29, 0.717) is 5.69 Å². The number of hydrogen-bond acceptors (Lipinski definition) is 3. The van der Waals surface area contributed by atoms with Gasteiger partial charge in [-0.05, 0) is 49.9 Å². The number of rotatable bonds is 5. The zero-order valence-corrected chi connectivity index (χ0v) is 13.8. The van der Waals surface area contributed by atoms with Gasteiger partial charge in [-0.1, -0.05) is 24.3 Å². The number of carbonyl (C=O) groups is 2. The van der Waals surface area contributed by atoms with Crippen molar-refractivity contribution in [3.8, 4) is 0 Å². The number of anilines is 1. The maximum absolute atomic E-state index is 12.5. The van der Waals surface area contributed by atoms with Gasteiger partial charge in [-0.25, -0.2) is 0 Å². The maximum Gasteiger partial charge on any atom is 0.249 e. The van der Waals surface area contributed by atoms with Crippen LogP contribution in [0.4, 0.5) is 5.69 Å². The standard InChI is InChI=1S/C19H21N3O2/c1-19(2,18(24)21-14-8-4-3-5-9-14)22-17(23)16-11-15(16)13-7-6-10-20-12-13/h3-10,12,15-16H,11H2,1-2H3,(H,21,24)(H,22,23). The van der Waals surface area contributed by atoms with Gasteiger partial charge in [-0.3, -0.25) is 14.6 Å². The summed E-state index contributed by atoms with van der Waals surface area (Å²) in [6.45, 7) is 3.43. The van der Waals surface area contributed by atoms with Gasteiger partial charge in [0.25, 0.3) is 0 Å². The lowest BCUT2D eigenvalue weighted by molar-refractivity contribution is -0.130. The van der Waals surface area contributed by atoms with E-state index in [1.165, 1.54) is 0 Å². The van der Waals surface area contributed by atoms with Crippen LogP contribution in [0.2, 0.25) is 0 Å². The molecule has 0 bridgehead atoms. The van der Waals surface area contributed by atoms with Crippen LogP contribution in [-0.2, 0) is 9.59 Å². The Labute approximate surface area is 141 Å². The molecule has 0 aliphatic heterocycles. The van der Waals surface area contributed by atoms with Crippen molar-refractivity contribution in [2.24, 2.45) is 5.92 Å². The number of amides is 2. The van der Waals surface area contributed by atoms with E-state index in [1.807, 2.05) is 42.5 Å². The van der Waals surface area contributed by atoms with E-state index in [4.69, 9.17) is 0 Å². The zero-order chi connectivity index (χ0) is 17.2. The number of carbonyl (C=O) groups excluding carboxylic acids is 2. The van der Waals surface area contributed by atoms with E-state index in [0.717, 1.165) is 12.0 Å². The van der Waals surface area contributed by atoms with Crippen molar-refractivity contribution in [2.45, 2.75) is 31.7 Å². The molecule has 3 rings (SSSR count). The summed E-state index contributed by atoms with van der Waals surface area (Å²) in [5.74, 6) is -0.206. The fourth-order valence-corrected chi connectivity index (χ4v) is 2.71. The molecule has 2 unspecified atom stereocenters. The number of nitrogens with zero attached hydrogens (tertiary/aromatic N) is 1. The minimum Gasteiger partial charge on any atom is -0.342 e. The topological polar surface area (TPSA) is 71.1 Å². The molecule has 0 radical (unpaired) electrons. The third-order valence-corrected chi connectivity index (χ3v) is 4.27. The molecular weight excluding hydrogens is 302 g/mol. The Bertz CT molecular complexity index is 729. The molecule has 124 valence electrons. The van der Waals surface area contributed by atoms with Crippen LogP contribution in [-0.4, -0.2) is 22.3 Å². The van der Waals surface area contributed by atoms with Crippen LogP contribution in [0.3, 0.4) is 0 Å². The van der Waals surface area contributed by atoms with Gasteiger partial charge in [0.05, 0.1) is 0 Å². The van der Waals surface area contributed by atoms with Gasteiger partial charge in [-0.2, -0.15) is 0 Å². The molecule has 1 saturated carbocycles. The summed E-state index contributed by atoms with van der Waals surface area (Å²) in [7, 11) is 0. The van der Waals surface area contributed by atoms with Crippen molar-refractivity contribution in [3.63, 3.8) is 0 Å². The molecule has 1 aromatic carbocycles. The Morgan fingerprint density at radius 1 is 1.12 bits per heavy atom. The summed E-state index contributed by atoms with van der Waals surface area (Å²) in [4.78, 5) is 29.0. The van der Waals surface area contributed by atoms with E-state index in [1.54, 1.807) is 26.2 Å². The highest BCUT2D eigenvalue weighted by molar-refractivity contribution is 6.00. The van der Waals surface area contributed by atoms with Gasteiger partial charge in [0.1, 0.15) is 5.54 Å². The largest absolute Gasteiger partial charge is 0.342 e. The molecule has 1 aliphatic carbocycles. The molecule has 0 spiro atoms. The Morgan fingerprint density at radius 2 is 1.88 bits per heavy atom. The van der Waals surface area contributed by atoms with Gasteiger partial charge in [0, 0.05) is 24.0 Å². The molecule has 5 nitrogen and oxygen atoms in total. The zero-order valence-electron chi connectivity index (χ0n) is 13.8. The minimum atomic E-state index is -0.977. The van der Waals surface area contributed by atoms with Crippen LogP contribution < -0.4 is 10.6 Å². The van der Waals surface area contributed by atoms with Crippen LogP contribution in [0.5, 0.6) is 0 Å². The molecule has 2 N–H and O–H groups in total. The first-order valence-electron chi connectivity index (χ1n) is 8.06. The maximum atomic E-state index is 12.5. The lowest BCUT2D eigenvalue weighted by Gasteiger charge is -2.25. The summed E-state index contributed by atoms with van der Waals surface area (Å²) in [6, 6.07) is 13.1. The first kappa shape index (κ1) is 16.2. The van der Waals surface area contributed by atoms with Crippen molar-refractivity contribution >= 4 is 17.5 Å². The van der Waals surface area contributed by atoms with Crippen LogP contribution >= 0.6 is 0 Å². The highest BCUT2D eigenvalue weighted by Crippen LogP contribution is 2.47. The molecule has 1 aromatic heterocycles. The van der Waals surface area contributed by atoms with Crippen molar-refractivity contribution in [1.29, 1.82) is 0 Å². The van der Waals surface area contributed by atoms with Gasteiger partial charge < -0.3 is 10.6 Å². The summed E-state index contributed by atoms with van der Waals surface area (Å²) >= 11 is 0. The fourth-order valence-electron chi connectivity index (χ4n) is 2.71. The fraction of sp³-hybridized carbons (Fsp3) is 0.316. The van der Waals surface area contributed by atoms with Crippen molar-refractivity contribution in [1.82, 2.24) is 10.3 Å². The third-order valence-electron chi connectivity index (χ3n) is 4.27. The van der Waals surface area contributed by atoms with Crippen molar-refractivity contribution in [2.75, 3.05) is 5.32 Å². The second-order valence-corrected chi connectivity index (χ2v) is 6.67. The quantitative estimate of drug-likeness (QED) is 0.889. The molecular formula is C19H21N3O2. The van der Waals surface area contributed by atoms with Crippen LogP contribution in [0.1, 0.15) is 31.7 Å². The van der Waals surface area contributed by atoms with Gasteiger partial charge in [0.2, 0.25) is 11.8 Å². The first-order valence-corrected chi connectivity index (χ1v) is 8.06. The highest BCUT2D eigenvalue weighted by atomic mass is 16.2. The number of nitrogens with one attached hydrogen (secondary N) is 2. The minimum absolute atomic E-state index is 0.0852. The van der Waals surface area contributed by atoms with Crippen molar-refractivity contribution in [3.05, 3.63) is 60.4 Å². The molecule has 1 fully saturated rings. The third kappa shape index (κ3) is 3.62. The molecule has 1 heterocycles. The number of benzene rings is 1. The lowest BCUT2D eigenvalue weighted by atomic mass is 10.0. The van der Waals surface area contributed by atoms with Crippen LogP contribution in [0, 0.1) is 5.92 Å². The number of hydrogen-bond donors (Lipinski definition) is 2. The van der Waals surface area contributed by atoms with Crippen LogP contribution in [0.25, 0.3) is 0 Å². The molecule has 2 aromatic rings. The SMILES string of the molecule is CC(C)(NC(=O)C1CC1c1cccnc1)C(=O)Nc1ccccc1. The normalized spacial score (nSPS) is 19.4. The smallest absolute Gasteiger partial charge is 0.249 e. The molecule has 2 amide bonds. The molecule has 5 heteroatoms. The average Bonchev–Trinajstić information content (AvgIpc) is 3.37. The second-order valence-electron chi connectivity index (χ2n) is 6.67. The predicted molar refractivity (Wildman–Crippen MR) is 92.4 cm³/mol. The van der Waals surface area contributed by atoms with E-state index in [9.17, 15) is 9.59 Å². The Balaban J connectivity index is 1.58. The predicted octanol–water partition coefficient (Wildman–Crippen LogP) is 2.72. The van der Waals surface area contributed by atoms with E-state index in [-0.39, 0.29) is 23.7 Å². The summed E-state index contributed by atoms with van der Waals surface area (Å²) in [5.41, 5.74) is 0.809. The number of para-hydroxylation sites is 1. The van der Waals surface area contributed by atoms with Gasteiger partial charge in [-0.15, -0.1) is 0 Å². The van der Waals surface area contributed by atoms with Crippen molar-refractivity contribution < 1.29 is 9.59 Å². The van der Waals surface area contributed by atoms with Crippen LogP contribution in [0.15, 0.2) is 54.9 Å². The Kier molecular flexibility index (Phi) is 4.34. The number of pyridine rings is 1. The van der Waals surface area contributed by atoms with E-state index in [2.05, 4.69) is 15.6 Å². The summed E-state index contributed by atoms with van der Waals surface area (Å²) < 4.78 is 0. The second kappa shape index (κ2) is 6.43. The number of aromatic nitrogens is 1. The monoisotopic (exact) mass is 323 g/mol. The van der Waals surface area contributed by atoms with Gasteiger partial charge >= 0.3 is 0 Å². The Hall–Kier alpha value is -2.69. The first-order chi connectivity index (χ1) is 11.5. The van der Waals surface area contributed by atoms with E-state index >= 15 is 0 Å². The molecule has 0 saturated heterocycles. The summed E-state index contributed by atoms with van der Waals surface area (Å²) in [6.07, 6.45) is 4.32. The highest BCUT2D eigenvalue weighted by Gasteiger charge is 2.46. The lowest BCUT2D eigenvalue weighted by Crippen LogP contribution is -2.52. The van der Waals surface area contributed by atoms with E-state index < -0.39 is 5.54 Å². The summed E-state index contributed by atoms with van der Waals surface area (Å²) in [5, 5.41) is 5.69. The molecule has 2 atom stereocenters. The van der Waals surface area contributed by atoms with Gasteiger partial charge in [0.15, 0.2) is 0 Å². The average molecular weight is 323 g/mol. The molecule has 1 aliphatic rings. The Morgan fingerprint density at radius 3 is 2.54 bits per heavy atom.